The van der Waals surface area contributed by atoms with Crippen LogP contribution in [0.4, 0.5) is 4.39 Å². The Labute approximate surface area is 130 Å². The molecular formula is C17H22FNO3. The van der Waals surface area contributed by atoms with Gasteiger partial charge in [-0.05, 0) is 43.9 Å². The zero-order chi connectivity index (χ0) is 16.1. The highest BCUT2D eigenvalue weighted by molar-refractivity contribution is 5.81. The Kier molecular flexibility index (Phi) is 5.52. The van der Waals surface area contributed by atoms with E-state index in [0.29, 0.717) is 19.0 Å². The lowest BCUT2D eigenvalue weighted by Gasteiger charge is -2.20. The molecule has 0 aliphatic heterocycles. The first-order chi connectivity index (χ1) is 10.5. The largest absolute Gasteiger partial charge is 0.455 e. The first kappa shape index (κ1) is 16.5. The lowest BCUT2D eigenvalue weighted by atomic mass is 10.0. The summed E-state index contributed by atoms with van der Waals surface area (Å²) in [7, 11) is 0. The molecule has 0 heterocycles. The van der Waals surface area contributed by atoms with Gasteiger partial charge in [-0.15, -0.1) is 0 Å². The van der Waals surface area contributed by atoms with Gasteiger partial charge >= 0.3 is 5.97 Å². The molecule has 1 aromatic rings. The maximum atomic E-state index is 13.1. The Balaban J connectivity index is 1.79. The predicted octanol–water partition coefficient (Wildman–Crippen LogP) is 2.56. The van der Waals surface area contributed by atoms with Gasteiger partial charge in [0.2, 0.25) is 0 Å². The summed E-state index contributed by atoms with van der Waals surface area (Å²) in [5.41, 5.74) is 0.740. The topological polar surface area (TPSA) is 46.6 Å². The number of hydrogen-bond acceptors (Lipinski definition) is 3. The van der Waals surface area contributed by atoms with Crippen molar-refractivity contribution in [2.45, 2.75) is 39.2 Å². The second-order valence-electron chi connectivity index (χ2n) is 5.75. The van der Waals surface area contributed by atoms with Crippen molar-refractivity contribution in [2.24, 2.45) is 5.92 Å². The molecule has 1 amide bonds. The summed E-state index contributed by atoms with van der Waals surface area (Å²) in [5, 5.41) is 0. The molecule has 0 radical (unpaired) electrons. The van der Waals surface area contributed by atoms with Gasteiger partial charge < -0.3 is 9.64 Å². The Morgan fingerprint density at radius 2 is 2.14 bits per heavy atom. The average molecular weight is 307 g/mol. The van der Waals surface area contributed by atoms with E-state index in [1.165, 1.54) is 12.1 Å². The van der Waals surface area contributed by atoms with E-state index in [0.717, 1.165) is 18.4 Å². The third-order valence-corrected chi connectivity index (χ3v) is 3.82. The SMILES string of the molecule is CCN(C(=O)COC(=O)C(C)Cc1cccc(F)c1)C1CC1. The molecule has 1 fully saturated rings. The fourth-order valence-corrected chi connectivity index (χ4v) is 2.48. The van der Waals surface area contributed by atoms with Crippen LogP contribution in [0.1, 0.15) is 32.3 Å². The Morgan fingerprint density at radius 3 is 2.73 bits per heavy atom. The first-order valence-electron chi connectivity index (χ1n) is 7.71. The molecule has 5 heteroatoms. The summed E-state index contributed by atoms with van der Waals surface area (Å²) in [5.74, 6) is -1.30. The van der Waals surface area contributed by atoms with E-state index in [4.69, 9.17) is 4.74 Å². The van der Waals surface area contributed by atoms with Gasteiger partial charge in [-0.1, -0.05) is 19.1 Å². The average Bonchev–Trinajstić information content (AvgIpc) is 3.30. The minimum Gasteiger partial charge on any atom is -0.455 e. The molecule has 1 saturated carbocycles. The third-order valence-electron chi connectivity index (χ3n) is 3.82. The maximum absolute atomic E-state index is 13.1. The van der Waals surface area contributed by atoms with Crippen LogP contribution in [-0.4, -0.2) is 36.0 Å². The second-order valence-corrected chi connectivity index (χ2v) is 5.75. The number of likely N-dealkylation sites (N-methyl/N-ethyl adjacent to an activating group) is 1. The highest BCUT2D eigenvalue weighted by atomic mass is 19.1. The molecule has 1 aliphatic rings. The van der Waals surface area contributed by atoms with Crippen LogP contribution in [-0.2, 0) is 20.7 Å². The van der Waals surface area contributed by atoms with Gasteiger partial charge in [-0.3, -0.25) is 9.59 Å². The van der Waals surface area contributed by atoms with Gasteiger partial charge in [0, 0.05) is 12.6 Å². The molecule has 0 bridgehead atoms. The highest BCUT2D eigenvalue weighted by Crippen LogP contribution is 2.26. The number of benzene rings is 1. The minimum atomic E-state index is -0.426. The van der Waals surface area contributed by atoms with Crippen molar-refractivity contribution in [1.82, 2.24) is 4.90 Å². The van der Waals surface area contributed by atoms with Crippen LogP contribution in [0.2, 0.25) is 0 Å². The van der Waals surface area contributed by atoms with Gasteiger partial charge in [0.15, 0.2) is 6.61 Å². The van der Waals surface area contributed by atoms with Crippen molar-refractivity contribution in [3.63, 3.8) is 0 Å². The van der Waals surface area contributed by atoms with Crippen LogP contribution in [0.15, 0.2) is 24.3 Å². The molecule has 0 aromatic heterocycles. The van der Waals surface area contributed by atoms with Gasteiger partial charge in [0.1, 0.15) is 5.82 Å². The number of nitrogens with zero attached hydrogens (tertiary/aromatic N) is 1. The fraction of sp³-hybridized carbons (Fsp3) is 0.529. The van der Waals surface area contributed by atoms with Crippen molar-refractivity contribution >= 4 is 11.9 Å². The minimum absolute atomic E-state index is 0.142. The maximum Gasteiger partial charge on any atom is 0.309 e. The van der Waals surface area contributed by atoms with Crippen molar-refractivity contribution in [3.05, 3.63) is 35.6 Å². The van der Waals surface area contributed by atoms with Crippen molar-refractivity contribution < 1.29 is 18.7 Å². The zero-order valence-corrected chi connectivity index (χ0v) is 13.0. The molecule has 4 nitrogen and oxygen atoms in total. The second kappa shape index (κ2) is 7.38. The number of ether oxygens (including phenoxy) is 1. The Bertz CT molecular complexity index is 542. The lowest BCUT2D eigenvalue weighted by Crippen LogP contribution is -2.36. The highest BCUT2D eigenvalue weighted by Gasteiger charge is 2.31. The normalized spacial score (nSPS) is 15.2. The predicted molar refractivity (Wildman–Crippen MR) is 80.6 cm³/mol. The van der Waals surface area contributed by atoms with E-state index < -0.39 is 11.9 Å². The summed E-state index contributed by atoms with van der Waals surface area (Å²) >= 11 is 0. The molecule has 0 N–H and O–H groups in total. The summed E-state index contributed by atoms with van der Waals surface area (Å²) in [6, 6.07) is 6.47. The van der Waals surface area contributed by atoms with Gasteiger partial charge in [0.05, 0.1) is 5.92 Å². The number of halogens is 1. The number of rotatable bonds is 7. The molecule has 2 rings (SSSR count). The molecule has 1 aliphatic carbocycles. The van der Waals surface area contributed by atoms with Gasteiger partial charge in [-0.2, -0.15) is 0 Å². The summed E-state index contributed by atoms with van der Waals surface area (Å²) in [6.45, 7) is 4.07. The Hall–Kier alpha value is -1.91. The number of hydrogen-bond donors (Lipinski definition) is 0. The van der Waals surface area contributed by atoms with E-state index in [2.05, 4.69) is 0 Å². The quantitative estimate of drug-likeness (QED) is 0.727. The summed E-state index contributed by atoms with van der Waals surface area (Å²) in [4.78, 5) is 25.7. The molecule has 0 saturated heterocycles. The van der Waals surface area contributed by atoms with E-state index >= 15 is 0 Å². The van der Waals surface area contributed by atoms with E-state index in [1.54, 1.807) is 24.0 Å². The van der Waals surface area contributed by atoms with Crippen LogP contribution in [0.5, 0.6) is 0 Å². The number of carbonyl (C=O) groups excluding carboxylic acids is 2. The van der Waals surface area contributed by atoms with E-state index in [9.17, 15) is 14.0 Å². The van der Waals surface area contributed by atoms with Crippen LogP contribution in [0.25, 0.3) is 0 Å². The van der Waals surface area contributed by atoms with E-state index in [-0.39, 0.29) is 18.3 Å². The third kappa shape index (κ3) is 4.55. The fourth-order valence-electron chi connectivity index (χ4n) is 2.48. The van der Waals surface area contributed by atoms with Gasteiger partial charge in [-0.25, -0.2) is 4.39 Å². The van der Waals surface area contributed by atoms with Crippen molar-refractivity contribution in [1.29, 1.82) is 0 Å². The molecular weight excluding hydrogens is 285 g/mol. The summed E-state index contributed by atoms with van der Waals surface area (Å²) < 4.78 is 18.2. The monoisotopic (exact) mass is 307 g/mol. The van der Waals surface area contributed by atoms with Crippen molar-refractivity contribution in [2.75, 3.05) is 13.2 Å². The smallest absolute Gasteiger partial charge is 0.309 e. The molecule has 1 aromatic carbocycles. The van der Waals surface area contributed by atoms with Crippen LogP contribution < -0.4 is 0 Å². The zero-order valence-electron chi connectivity index (χ0n) is 13.0. The molecule has 22 heavy (non-hydrogen) atoms. The first-order valence-corrected chi connectivity index (χ1v) is 7.71. The lowest BCUT2D eigenvalue weighted by molar-refractivity contribution is -0.155. The number of esters is 1. The number of carbonyl (C=O) groups is 2. The van der Waals surface area contributed by atoms with E-state index in [1.807, 2.05) is 6.92 Å². The molecule has 1 unspecified atom stereocenters. The molecule has 0 spiro atoms. The molecule has 1 atom stereocenters. The standard InChI is InChI=1S/C17H22FNO3/c1-3-19(15-7-8-15)16(20)11-22-17(21)12(2)9-13-5-4-6-14(18)10-13/h4-6,10,12,15H,3,7-9,11H2,1-2H3. The van der Waals surface area contributed by atoms with Crippen LogP contribution >= 0.6 is 0 Å². The van der Waals surface area contributed by atoms with Gasteiger partial charge in [0.25, 0.3) is 5.91 Å². The van der Waals surface area contributed by atoms with Crippen molar-refractivity contribution in [3.8, 4) is 0 Å². The van der Waals surface area contributed by atoms with Crippen LogP contribution in [0.3, 0.4) is 0 Å². The number of amides is 1. The summed E-state index contributed by atoms with van der Waals surface area (Å²) in [6.07, 6.45) is 2.46. The molecule has 120 valence electrons. The Morgan fingerprint density at radius 1 is 1.41 bits per heavy atom. The van der Waals surface area contributed by atoms with Crippen LogP contribution in [0, 0.1) is 11.7 Å².